The van der Waals surface area contributed by atoms with E-state index in [4.69, 9.17) is 14.2 Å². The van der Waals surface area contributed by atoms with Crippen LogP contribution in [0.2, 0.25) is 0 Å². The summed E-state index contributed by atoms with van der Waals surface area (Å²) < 4.78 is 18.6. The van der Waals surface area contributed by atoms with Gasteiger partial charge in [-0.1, -0.05) is 12.1 Å². The van der Waals surface area contributed by atoms with Crippen molar-refractivity contribution in [3.63, 3.8) is 0 Å². The summed E-state index contributed by atoms with van der Waals surface area (Å²) in [6.45, 7) is 3.09. The molecular formula is C16H22N4O3. The van der Waals surface area contributed by atoms with Gasteiger partial charge >= 0.3 is 0 Å². The van der Waals surface area contributed by atoms with Gasteiger partial charge in [-0.2, -0.15) is 0 Å². The highest BCUT2D eigenvalue weighted by Gasteiger charge is 2.26. The molecule has 0 amide bonds. The normalized spacial score (nSPS) is 18.8. The SMILES string of the molecule is COc1cccc(CN2CCO[C@@H](c3nncn3C)C2)c1OC. The lowest BCUT2D eigenvalue weighted by Gasteiger charge is -2.32. The monoisotopic (exact) mass is 318 g/mol. The molecule has 1 aromatic carbocycles. The summed E-state index contributed by atoms with van der Waals surface area (Å²) in [5.74, 6) is 2.40. The van der Waals surface area contributed by atoms with Crippen LogP contribution < -0.4 is 9.47 Å². The average Bonchev–Trinajstić information content (AvgIpc) is 3.01. The molecule has 0 saturated carbocycles. The molecule has 0 radical (unpaired) electrons. The van der Waals surface area contributed by atoms with Gasteiger partial charge in [-0.3, -0.25) is 4.90 Å². The average molecular weight is 318 g/mol. The van der Waals surface area contributed by atoms with Crippen molar-refractivity contribution in [2.45, 2.75) is 12.6 Å². The third kappa shape index (κ3) is 3.30. The second-order valence-corrected chi connectivity index (χ2v) is 5.55. The summed E-state index contributed by atoms with van der Waals surface area (Å²) in [7, 11) is 5.26. The summed E-state index contributed by atoms with van der Waals surface area (Å²) >= 11 is 0. The van der Waals surface area contributed by atoms with E-state index in [9.17, 15) is 0 Å². The second-order valence-electron chi connectivity index (χ2n) is 5.55. The van der Waals surface area contributed by atoms with E-state index in [2.05, 4.69) is 21.2 Å². The fraction of sp³-hybridized carbons (Fsp3) is 0.500. The fourth-order valence-corrected chi connectivity index (χ4v) is 2.91. The molecule has 23 heavy (non-hydrogen) atoms. The fourth-order valence-electron chi connectivity index (χ4n) is 2.91. The third-order valence-electron chi connectivity index (χ3n) is 4.06. The first-order valence-electron chi connectivity index (χ1n) is 7.60. The number of rotatable bonds is 5. The Hall–Kier alpha value is -2.12. The molecule has 7 heteroatoms. The third-order valence-corrected chi connectivity index (χ3v) is 4.06. The standard InChI is InChI=1S/C16H22N4O3/c1-19-11-17-18-16(19)14-10-20(7-8-23-14)9-12-5-4-6-13(21-2)15(12)22-3/h4-6,11,14H,7-10H2,1-3H3/t14-/m1/s1. The van der Waals surface area contributed by atoms with Crippen LogP contribution in [0, 0.1) is 0 Å². The molecule has 1 saturated heterocycles. The van der Waals surface area contributed by atoms with Crippen molar-refractivity contribution >= 4 is 0 Å². The molecule has 7 nitrogen and oxygen atoms in total. The molecule has 1 atom stereocenters. The zero-order valence-corrected chi connectivity index (χ0v) is 13.7. The van der Waals surface area contributed by atoms with E-state index in [-0.39, 0.29) is 6.10 Å². The molecule has 0 N–H and O–H groups in total. The minimum absolute atomic E-state index is 0.0622. The first kappa shape index (κ1) is 15.8. The second kappa shape index (κ2) is 6.97. The predicted molar refractivity (Wildman–Crippen MR) is 84.5 cm³/mol. The van der Waals surface area contributed by atoms with Crippen LogP contribution in [0.25, 0.3) is 0 Å². The Morgan fingerprint density at radius 2 is 2.17 bits per heavy atom. The largest absolute Gasteiger partial charge is 0.493 e. The molecule has 0 aliphatic carbocycles. The number of hydrogen-bond donors (Lipinski definition) is 0. The molecule has 1 aliphatic rings. The van der Waals surface area contributed by atoms with Gasteiger partial charge in [0.05, 0.1) is 20.8 Å². The van der Waals surface area contributed by atoms with Gasteiger partial charge in [-0.05, 0) is 6.07 Å². The maximum atomic E-state index is 5.85. The molecular weight excluding hydrogens is 296 g/mol. The van der Waals surface area contributed by atoms with Gasteiger partial charge in [0.15, 0.2) is 17.3 Å². The molecule has 2 heterocycles. The number of methoxy groups -OCH3 is 2. The first-order chi connectivity index (χ1) is 11.2. The highest BCUT2D eigenvalue weighted by atomic mass is 16.5. The van der Waals surface area contributed by atoms with E-state index in [0.717, 1.165) is 42.5 Å². The van der Waals surface area contributed by atoms with Crippen LogP contribution in [0.15, 0.2) is 24.5 Å². The predicted octanol–water partition coefficient (Wildman–Crippen LogP) is 1.41. The molecule has 0 spiro atoms. The first-order valence-corrected chi connectivity index (χ1v) is 7.60. The van der Waals surface area contributed by atoms with E-state index in [1.54, 1.807) is 20.5 Å². The van der Waals surface area contributed by atoms with Crippen molar-refractivity contribution in [3.05, 3.63) is 35.9 Å². The Bertz CT molecular complexity index is 659. The number of benzene rings is 1. The zero-order valence-electron chi connectivity index (χ0n) is 13.7. The summed E-state index contributed by atoms with van der Waals surface area (Å²) in [6.07, 6.45) is 1.63. The van der Waals surface area contributed by atoms with Gasteiger partial charge in [0.25, 0.3) is 0 Å². The van der Waals surface area contributed by atoms with Crippen LogP contribution in [0.1, 0.15) is 17.5 Å². The Kier molecular flexibility index (Phi) is 4.78. The number of nitrogens with zero attached hydrogens (tertiary/aromatic N) is 4. The minimum atomic E-state index is -0.0622. The summed E-state index contributed by atoms with van der Waals surface area (Å²) in [6, 6.07) is 5.95. The highest BCUT2D eigenvalue weighted by molar-refractivity contribution is 5.46. The smallest absolute Gasteiger partial charge is 0.165 e. The Morgan fingerprint density at radius 1 is 1.30 bits per heavy atom. The van der Waals surface area contributed by atoms with E-state index in [1.165, 1.54) is 0 Å². The summed E-state index contributed by atoms with van der Waals surface area (Å²) in [4.78, 5) is 2.33. The quantitative estimate of drug-likeness (QED) is 0.830. The molecule has 2 aromatic rings. The number of hydrogen-bond acceptors (Lipinski definition) is 6. The van der Waals surface area contributed by atoms with E-state index in [0.29, 0.717) is 6.61 Å². The molecule has 1 aromatic heterocycles. The van der Waals surface area contributed by atoms with Gasteiger partial charge in [-0.15, -0.1) is 10.2 Å². The van der Waals surface area contributed by atoms with E-state index in [1.807, 2.05) is 23.7 Å². The van der Waals surface area contributed by atoms with E-state index >= 15 is 0 Å². The van der Waals surface area contributed by atoms with Crippen molar-refractivity contribution in [2.75, 3.05) is 33.9 Å². The number of aryl methyl sites for hydroxylation is 1. The number of ether oxygens (including phenoxy) is 3. The maximum Gasteiger partial charge on any atom is 0.165 e. The number of aromatic nitrogens is 3. The van der Waals surface area contributed by atoms with Crippen LogP contribution in [-0.2, 0) is 18.3 Å². The molecule has 1 fully saturated rings. The van der Waals surface area contributed by atoms with Crippen molar-refractivity contribution < 1.29 is 14.2 Å². The van der Waals surface area contributed by atoms with Crippen LogP contribution in [0.3, 0.4) is 0 Å². The van der Waals surface area contributed by atoms with E-state index < -0.39 is 0 Å². The molecule has 1 aliphatic heterocycles. The van der Waals surface area contributed by atoms with Crippen molar-refractivity contribution in [1.29, 1.82) is 0 Å². The van der Waals surface area contributed by atoms with Gasteiger partial charge in [0.2, 0.25) is 0 Å². The number of para-hydroxylation sites is 1. The van der Waals surface area contributed by atoms with Crippen LogP contribution in [-0.4, -0.2) is 53.6 Å². The maximum absolute atomic E-state index is 5.85. The topological polar surface area (TPSA) is 61.6 Å². The van der Waals surface area contributed by atoms with Gasteiger partial charge in [-0.25, -0.2) is 0 Å². The molecule has 0 bridgehead atoms. The number of morpholine rings is 1. The highest BCUT2D eigenvalue weighted by Crippen LogP contribution is 2.32. The Labute approximate surface area is 135 Å². The zero-order chi connectivity index (χ0) is 16.2. The summed E-state index contributed by atoms with van der Waals surface area (Å²) in [5.41, 5.74) is 1.10. The Balaban J connectivity index is 1.74. The van der Waals surface area contributed by atoms with Crippen molar-refractivity contribution in [3.8, 4) is 11.5 Å². The lowest BCUT2D eigenvalue weighted by molar-refractivity contribution is -0.0387. The lowest BCUT2D eigenvalue weighted by Crippen LogP contribution is -2.38. The summed E-state index contributed by atoms with van der Waals surface area (Å²) in [5, 5.41) is 8.09. The van der Waals surface area contributed by atoms with Crippen LogP contribution in [0.5, 0.6) is 11.5 Å². The lowest BCUT2D eigenvalue weighted by atomic mass is 10.1. The molecule has 0 unspecified atom stereocenters. The van der Waals surface area contributed by atoms with Crippen molar-refractivity contribution in [1.82, 2.24) is 19.7 Å². The molecule has 124 valence electrons. The van der Waals surface area contributed by atoms with Crippen LogP contribution >= 0.6 is 0 Å². The van der Waals surface area contributed by atoms with Crippen LogP contribution in [0.4, 0.5) is 0 Å². The van der Waals surface area contributed by atoms with Gasteiger partial charge in [0.1, 0.15) is 12.4 Å². The minimum Gasteiger partial charge on any atom is -0.493 e. The molecule has 3 rings (SSSR count). The van der Waals surface area contributed by atoms with Crippen molar-refractivity contribution in [2.24, 2.45) is 7.05 Å². The Morgan fingerprint density at radius 3 is 2.87 bits per heavy atom. The van der Waals surface area contributed by atoms with Gasteiger partial charge < -0.3 is 18.8 Å². The van der Waals surface area contributed by atoms with Gasteiger partial charge in [0, 0.05) is 32.2 Å².